The Balaban J connectivity index is 2.03. The second-order valence-corrected chi connectivity index (χ2v) is 5.36. The fourth-order valence-electron chi connectivity index (χ4n) is 2.92. The second-order valence-electron chi connectivity index (χ2n) is 5.36. The monoisotopic (exact) mass is 258 g/mol. The van der Waals surface area contributed by atoms with Crippen LogP contribution < -0.4 is 0 Å². The van der Waals surface area contributed by atoms with E-state index in [9.17, 15) is 15.0 Å². The van der Waals surface area contributed by atoms with Crippen LogP contribution in [0.3, 0.4) is 0 Å². The van der Waals surface area contributed by atoms with Crippen LogP contribution in [0.4, 0.5) is 0 Å². The predicted octanol–water partition coefficient (Wildman–Crippen LogP) is 1.04. The molecule has 3 unspecified atom stereocenters. The maximum Gasteiger partial charge on any atom is 0.312 e. The van der Waals surface area contributed by atoms with E-state index in [0.29, 0.717) is 25.6 Å². The third kappa shape index (κ3) is 2.68. The number of aliphatic hydroxyl groups is 1. The molecule has 0 aromatic carbocycles. The molecular formula is C13H22O5. The van der Waals surface area contributed by atoms with Gasteiger partial charge in [0.25, 0.3) is 0 Å². The summed E-state index contributed by atoms with van der Waals surface area (Å²) in [5, 5.41) is 19.5. The first-order valence-electron chi connectivity index (χ1n) is 6.71. The Labute approximate surface area is 107 Å². The molecule has 3 atom stereocenters. The molecule has 2 aliphatic rings. The lowest BCUT2D eigenvalue weighted by Crippen LogP contribution is -2.43. The highest BCUT2D eigenvalue weighted by molar-refractivity contribution is 5.76. The standard InChI is InChI=1S/C13H22O5/c1-2-17-8-10(14)7-13(12(15)16)5-6-18-11(13)9-3-4-9/h9-11,14H,2-8H2,1H3,(H,15,16). The van der Waals surface area contributed by atoms with Crippen molar-refractivity contribution in [1.29, 1.82) is 0 Å². The lowest BCUT2D eigenvalue weighted by atomic mass is 9.74. The van der Waals surface area contributed by atoms with E-state index in [1.54, 1.807) is 0 Å². The second kappa shape index (κ2) is 5.55. The van der Waals surface area contributed by atoms with Gasteiger partial charge in [-0.3, -0.25) is 4.79 Å². The number of aliphatic carboxylic acids is 1. The van der Waals surface area contributed by atoms with Crippen LogP contribution in [0.5, 0.6) is 0 Å². The Hall–Kier alpha value is -0.650. The van der Waals surface area contributed by atoms with Crippen molar-refractivity contribution in [2.45, 2.75) is 44.8 Å². The molecule has 1 saturated heterocycles. The highest BCUT2D eigenvalue weighted by Crippen LogP contribution is 2.50. The molecule has 18 heavy (non-hydrogen) atoms. The lowest BCUT2D eigenvalue weighted by molar-refractivity contribution is -0.156. The zero-order valence-corrected chi connectivity index (χ0v) is 10.8. The first-order valence-corrected chi connectivity index (χ1v) is 6.71. The summed E-state index contributed by atoms with van der Waals surface area (Å²) in [6.45, 7) is 3.06. The van der Waals surface area contributed by atoms with Gasteiger partial charge in [-0.1, -0.05) is 0 Å². The average Bonchev–Trinajstić information content (AvgIpc) is 3.08. The van der Waals surface area contributed by atoms with Crippen molar-refractivity contribution in [3.63, 3.8) is 0 Å². The van der Waals surface area contributed by atoms with Gasteiger partial charge in [-0.05, 0) is 38.5 Å². The fraction of sp³-hybridized carbons (Fsp3) is 0.923. The maximum atomic E-state index is 11.6. The summed E-state index contributed by atoms with van der Waals surface area (Å²) >= 11 is 0. The summed E-state index contributed by atoms with van der Waals surface area (Å²) in [7, 11) is 0. The first kappa shape index (κ1) is 13.8. The number of carboxylic acid groups (broad SMARTS) is 1. The SMILES string of the molecule is CCOCC(O)CC1(C(=O)O)CCOC1C1CC1. The van der Waals surface area contributed by atoms with Crippen LogP contribution in [0.15, 0.2) is 0 Å². The van der Waals surface area contributed by atoms with Gasteiger partial charge in [-0.2, -0.15) is 0 Å². The molecule has 0 spiro atoms. The summed E-state index contributed by atoms with van der Waals surface area (Å²) < 4.78 is 10.8. The van der Waals surface area contributed by atoms with Crippen LogP contribution in [0.2, 0.25) is 0 Å². The molecule has 2 fully saturated rings. The number of ether oxygens (including phenoxy) is 2. The highest BCUT2D eigenvalue weighted by atomic mass is 16.5. The minimum Gasteiger partial charge on any atom is -0.481 e. The minimum absolute atomic E-state index is 0.197. The summed E-state index contributed by atoms with van der Waals surface area (Å²) in [6.07, 6.45) is 1.84. The summed E-state index contributed by atoms with van der Waals surface area (Å²) in [5.41, 5.74) is -0.919. The van der Waals surface area contributed by atoms with Crippen molar-refractivity contribution >= 4 is 5.97 Å². The van der Waals surface area contributed by atoms with E-state index < -0.39 is 17.5 Å². The van der Waals surface area contributed by atoms with Gasteiger partial charge in [-0.15, -0.1) is 0 Å². The largest absolute Gasteiger partial charge is 0.481 e. The Bertz CT molecular complexity index is 302. The number of hydrogen-bond acceptors (Lipinski definition) is 4. The zero-order valence-electron chi connectivity index (χ0n) is 10.8. The van der Waals surface area contributed by atoms with Crippen molar-refractivity contribution in [3.8, 4) is 0 Å². The van der Waals surface area contributed by atoms with Crippen LogP contribution in [-0.2, 0) is 14.3 Å². The number of rotatable bonds is 7. The van der Waals surface area contributed by atoms with Gasteiger partial charge >= 0.3 is 5.97 Å². The van der Waals surface area contributed by atoms with Crippen molar-refractivity contribution < 1.29 is 24.5 Å². The van der Waals surface area contributed by atoms with Crippen molar-refractivity contribution in [2.75, 3.05) is 19.8 Å². The molecule has 0 aromatic heterocycles. The van der Waals surface area contributed by atoms with Gasteiger partial charge < -0.3 is 19.7 Å². The molecule has 2 rings (SSSR count). The van der Waals surface area contributed by atoms with Crippen molar-refractivity contribution in [3.05, 3.63) is 0 Å². The van der Waals surface area contributed by atoms with Gasteiger partial charge in [0.1, 0.15) is 0 Å². The Morgan fingerprint density at radius 1 is 1.56 bits per heavy atom. The number of carboxylic acids is 1. The Morgan fingerprint density at radius 3 is 2.83 bits per heavy atom. The van der Waals surface area contributed by atoms with Crippen LogP contribution in [-0.4, -0.2) is 48.2 Å². The molecule has 0 bridgehead atoms. The highest BCUT2D eigenvalue weighted by Gasteiger charge is 2.56. The van der Waals surface area contributed by atoms with E-state index in [-0.39, 0.29) is 19.1 Å². The molecule has 1 heterocycles. The third-order valence-corrected chi connectivity index (χ3v) is 3.98. The molecule has 1 saturated carbocycles. The summed E-state index contributed by atoms with van der Waals surface area (Å²) in [5.74, 6) is -0.477. The third-order valence-electron chi connectivity index (χ3n) is 3.98. The molecule has 5 heteroatoms. The van der Waals surface area contributed by atoms with Crippen molar-refractivity contribution in [1.82, 2.24) is 0 Å². The van der Waals surface area contributed by atoms with Gasteiger partial charge in [0.05, 0.1) is 24.2 Å². The molecule has 104 valence electrons. The quantitative estimate of drug-likeness (QED) is 0.713. The van der Waals surface area contributed by atoms with Crippen LogP contribution in [0, 0.1) is 11.3 Å². The summed E-state index contributed by atoms with van der Waals surface area (Å²) in [4.78, 5) is 11.6. The van der Waals surface area contributed by atoms with Gasteiger partial charge in [-0.25, -0.2) is 0 Å². The molecule has 2 N–H and O–H groups in total. The molecule has 1 aliphatic carbocycles. The van der Waals surface area contributed by atoms with Crippen LogP contribution >= 0.6 is 0 Å². The molecular weight excluding hydrogens is 236 g/mol. The van der Waals surface area contributed by atoms with E-state index in [1.165, 1.54) is 0 Å². The zero-order chi connectivity index (χ0) is 13.2. The van der Waals surface area contributed by atoms with E-state index in [1.807, 2.05) is 6.92 Å². The van der Waals surface area contributed by atoms with E-state index in [2.05, 4.69) is 0 Å². The number of aliphatic hydroxyl groups excluding tert-OH is 1. The normalized spacial score (nSPS) is 33.6. The minimum atomic E-state index is -0.919. The first-order chi connectivity index (χ1) is 8.60. The molecule has 0 aromatic rings. The molecule has 1 aliphatic heterocycles. The Kier molecular flexibility index (Phi) is 4.25. The summed E-state index contributed by atoms with van der Waals surface area (Å²) in [6, 6.07) is 0. The van der Waals surface area contributed by atoms with E-state index in [0.717, 1.165) is 12.8 Å². The maximum absolute atomic E-state index is 11.6. The van der Waals surface area contributed by atoms with Gasteiger partial charge in [0.15, 0.2) is 0 Å². The van der Waals surface area contributed by atoms with E-state index in [4.69, 9.17) is 9.47 Å². The van der Waals surface area contributed by atoms with E-state index >= 15 is 0 Å². The number of hydrogen-bond donors (Lipinski definition) is 2. The molecule has 5 nitrogen and oxygen atoms in total. The van der Waals surface area contributed by atoms with Gasteiger partial charge in [0.2, 0.25) is 0 Å². The topological polar surface area (TPSA) is 76.0 Å². The van der Waals surface area contributed by atoms with Crippen LogP contribution in [0.1, 0.15) is 32.6 Å². The average molecular weight is 258 g/mol. The fourth-order valence-corrected chi connectivity index (χ4v) is 2.92. The predicted molar refractivity (Wildman–Crippen MR) is 64.3 cm³/mol. The van der Waals surface area contributed by atoms with Crippen molar-refractivity contribution in [2.24, 2.45) is 11.3 Å². The molecule has 0 radical (unpaired) electrons. The van der Waals surface area contributed by atoms with Gasteiger partial charge in [0, 0.05) is 13.2 Å². The lowest BCUT2D eigenvalue weighted by Gasteiger charge is -2.31. The van der Waals surface area contributed by atoms with Crippen LogP contribution in [0.25, 0.3) is 0 Å². The number of carbonyl (C=O) groups is 1. The smallest absolute Gasteiger partial charge is 0.312 e. The Morgan fingerprint density at radius 2 is 2.28 bits per heavy atom. The molecule has 0 amide bonds.